The van der Waals surface area contributed by atoms with E-state index in [2.05, 4.69) is 12.2 Å². The van der Waals surface area contributed by atoms with Crippen LogP contribution in [0.4, 0.5) is 10.5 Å². The van der Waals surface area contributed by atoms with Crippen molar-refractivity contribution in [2.45, 2.75) is 51.1 Å². The quantitative estimate of drug-likeness (QED) is 0.913. The number of amides is 3. The van der Waals surface area contributed by atoms with Gasteiger partial charge in [-0.2, -0.15) is 0 Å². The standard InChI is InChI=1S/C19H27N3O3/c1-3-15-6-4-5-11-21(15)19(24)20-14-12-18(23)22(13-14)16-7-9-17(25-2)10-8-16/h7-10,14-15H,3-6,11-13H2,1-2H3,(H,20,24)/t14-,15-/m1/s1. The molecule has 0 aromatic heterocycles. The number of benzene rings is 1. The number of nitrogens with zero attached hydrogens (tertiary/aromatic N) is 2. The van der Waals surface area contributed by atoms with Crippen molar-refractivity contribution < 1.29 is 14.3 Å². The van der Waals surface area contributed by atoms with Gasteiger partial charge in [0.15, 0.2) is 0 Å². The van der Waals surface area contributed by atoms with Crippen LogP contribution in [0.3, 0.4) is 0 Å². The number of anilines is 1. The van der Waals surface area contributed by atoms with Crippen LogP contribution < -0.4 is 15.0 Å². The summed E-state index contributed by atoms with van der Waals surface area (Å²) in [5.41, 5.74) is 0.840. The highest BCUT2D eigenvalue weighted by molar-refractivity contribution is 5.96. The van der Waals surface area contributed by atoms with Crippen molar-refractivity contribution >= 4 is 17.6 Å². The number of piperidine rings is 1. The lowest BCUT2D eigenvalue weighted by Crippen LogP contribution is -2.51. The van der Waals surface area contributed by atoms with Gasteiger partial charge in [-0.1, -0.05) is 6.92 Å². The van der Waals surface area contributed by atoms with Crippen LogP contribution in [0.5, 0.6) is 5.75 Å². The molecule has 0 bridgehead atoms. The summed E-state index contributed by atoms with van der Waals surface area (Å²) in [5, 5.41) is 3.07. The number of methoxy groups -OCH3 is 1. The van der Waals surface area contributed by atoms with Gasteiger partial charge in [0.1, 0.15) is 5.75 Å². The largest absolute Gasteiger partial charge is 0.497 e. The van der Waals surface area contributed by atoms with Gasteiger partial charge >= 0.3 is 6.03 Å². The minimum atomic E-state index is -0.137. The number of carbonyl (C=O) groups excluding carboxylic acids is 2. The van der Waals surface area contributed by atoms with E-state index in [1.165, 1.54) is 6.42 Å². The van der Waals surface area contributed by atoms with Gasteiger partial charge in [0.05, 0.1) is 13.2 Å². The van der Waals surface area contributed by atoms with Crippen LogP contribution in [0.1, 0.15) is 39.0 Å². The van der Waals surface area contributed by atoms with Crippen LogP contribution in [0.25, 0.3) is 0 Å². The van der Waals surface area contributed by atoms with E-state index >= 15 is 0 Å². The van der Waals surface area contributed by atoms with Gasteiger partial charge in [0, 0.05) is 31.2 Å². The molecule has 1 aromatic rings. The van der Waals surface area contributed by atoms with Gasteiger partial charge in [0.25, 0.3) is 0 Å². The van der Waals surface area contributed by atoms with E-state index in [1.807, 2.05) is 29.2 Å². The second-order valence-corrected chi connectivity index (χ2v) is 6.80. The molecule has 0 radical (unpaired) electrons. The predicted molar refractivity (Wildman–Crippen MR) is 96.9 cm³/mol. The van der Waals surface area contributed by atoms with Crippen molar-refractivity contribution in [2.24, 2.45) is 0 Å². The minimum absolute atomic E-state index is 0.0269. The van der Waals surface area contributed by atoms with E-state index in [4.69, 9.17) is 4.74 Å². The zero-order chi connectivity index (χ0) is 17.8. The lowest BCUT2D eigenvalue weighted by atomic mass is 10.0. The lowest BCUT2D eigenvalue weighted by molar-refractivity contribution is -0.117. The summed E-state index contributed by atoms with van der Waals surface area (Å²) < 4.78 is 5.15. The Morgan fingerprint density at radius 3 is 2.72 bits per heavy atom. The average molecular weight is 345 g/mol. The molecule has 0 aliphatic carbocycles. The average Bonchev–Trinajstić information content (AvgIpc) is 3.01. The van der Waals surface area contributed by atoms with Crippen LogP contribution in [0.15, 0.2) is 24.3 Å². The number of rotatable bonds is 4. The molecule has 1 N–H and O–H groups in total. The van der Waals surface area contributed by atoms with Gasteiger partial charge < -0.3 is 19.9 Å². The maximum atomic E-state index is 12.6. The molecule has 2 aliphatic rings. The van der Waals surface area contributed by atoms with Crippen molar-refractivity contribution in [1.29, 1.82) is 0 Å². The van der Waals surface area contributed by atoms with Crippen LogP contribution >= 0.6 is 0 Å². The van der Waals surface area contributed by atoms with Crippen molar-refractivity contribution in [1.82, 2.24) is 10.2 Å². The number of urea groups is 1. The van der Waals surface area contributed by atoms with Crippen LogP contribution in [-0.4, -0.2) is 49.1 Å². The monoisotopic (exact) mass is 345 g/mol. The first-order valence-electron chi connectivity index (χ1n) is 9.14. The minimum Gasteiger partial charge on any atom is -0.497 e. The molecular weight excluding hydrogens is 318 g/mol. The maximum Gasteiger partial charge on any atom is 0.317 e. The topological polar surface area (TPSA) is 61.9 Å². The van der Waals surface area contributed by atoms with Crippen LogP contribution in [-0.2, 0) is 4.79 Å². The Labute approximate surface area is 149 Å². The van der Waals surface area contributed by atoms with E-state index in [9.17, 15) is 9.59 Å². The lowest BCUT2D eigenvalue weighted by Gasteiger charge is -2.35. The van der Waals surface area contributed by atoms with Crippen molar-refractivity contribution in [2.75, 3.05) is 25.1 Å². The van der Waals surface area contributed by atoms with Gasteiger partial charge in [-0.3, -0.25) is 4.79 Å². The van der Waals surface area contributed by atoms with Crippen molar-refractivity contribution in [3.63, 3.8) is 0 Å². The van der Waals surface area contributed by atoms with Gasteiger partial charge in [-0.15, -0.1) is 0 Å². The number of ether oxygens (including phenoxy) is 1. The Bertz CT molecular complexity index is 617. The third-order valence-corrected chi connectivity index (χ3v) is 5.20. The SMILES string of the molecule is CC[C@@H]1CCCCN1C(=O)N[C@@H]1CC(=O)N(c2ccc(OC)cc2)C1. The van der Waals surface area contributed by atoms with Crippen molar-refractivity contribution in [3.8, 4) is 5.75 Å². The number of hydrogen-bond acceptors (Lipinski definition) is 3. The highest BCUT2D eigenvalue weighted by Crippen LogP contribution is 2.25. The molecule has 3 rings (SSSR count). The van der Waals surface area contributed by atoms with E-state index in [0.717, 1.165) is 37.2 Å². The van der Waals surface area contributed by atoms with Gasteiger partial charge in [-0.25, -0.2) is 4.79 Å². The molecule has 2 atom stereocenters. The number of hydrogen-bond donors (Lipinski definition) is 1. The molecule has 6 nitrogen and oxygen atoms in total. The fourth-order valence-electron chi connectivity index (χ4n) is 3.77. The summed E-state index contributed by atoms with van der Waals surface area (Å²) in [4.78, 5) is 28.7. The van der Waals surface area contributed by atoms with Gasteiger partial charge in [0.2, 0.25) is 5.91 Å². The molecule has 0 spiro atoms. The molecule has 2 saturated heterocycles. The first-order chi connectivity index (χ1) is 12.1. The predicted octanol–water partition coefficient (Wildman–Crippen LogP) is 2.77. The summed E-state index contributed by atoms with van der Waals surface area (Å²) in [6.07, 6.45) is 4.66. The third-order valence-electron chi connectivity index (χ3n) is 5.20. The fraction of sp³-hybridized carbons (Fsp3) is 0.579. The number of carbonyl (C=O) groups is 2. The van der Waals surface area contributed by atoms with E-state index in [0.29, 0.717) is 19.0 Å². The summed E-state index contributed by atoms with van der Waals surface area (Å²) in [6, 6.07) is 7.59. The maximum absolute atomic E-state index is 12.6. The molecule has 136 valence electrons. The Hall–Kier alpha value is -2.24. The van der Waals surface area contributed by atoms with Crippen LogP contribution in [0, 0.1) is 0 Å². The summed E-state index contributed by atoms with van der Waals surface area (Å²) in [7, 11) is 1.62. The normalized spacial score (nSPS) is 23.7. The second-order valence-electron chi connectivity index (χ2n) is 6.80. The summed E-state index contributed by atoms with van der Waals surface area (Å²) in [5.74, 6) is 0.803. The van der Waals surface area contributed by atoms with Gasteiger partial charge in [-0.05, 0) is 49.9 Å². The Kier molecular flexibility index (Phi) is 5.46. The first kappa shape index (κ1) is 17.6. The molecular formula is C19H27N3O3. The molecule has 2 heterocycles. The second kappa shape index (κ2) is 7.76. The molecule has 2 aliphatic heterocycles. The highest BCUT2D eigenvalue weighted by atomic mass is 16.5. The summed E-state index contributed by atoms with van der Waals surface area (Å²) >= 11 is 0. The zero-order valence-corrected chi connectivity index (χ0v) is 15.0. The summed E-state index contributed by atoms with van der Waals surface area (Å²) in [6.45, 7) is 3.45. The molecule has 1 aromatic carbocycles. The number of likely N-dealkylation sites (tertiary alicyclic amines) is 1. The van der Waals surface area contributed by atoms with Crippen molar-refractivity contribution in [3.05, 3.63) is 24.3 Å². The van der Waals surface area contributed by atoms with E-state index in [1.54, 1.807) is 12.0 Å². The van der Waals surface area contributed by atoms with E-state index < -0.39 is 0 Å². The Balaban J connectivity index is 1.61. The zero-order valence-electron chi connectivity index (χ0n) is 15.0. The first-order valence-corrected chi connectivity index (χ1v) is 9.14. The smallest absolute Gasteiger partial charge is 0.317 e. The van der Waals surface area contributed by atoms with E-state index in [-0.39, 0.29) is 18.0 Å². The molecule has 3 amide bonds. The molecule has 6 heteroatoms. The molecule has 25 heavy (non-hydrogen) atoms. The Morgan fingerprint density at radius 2 is 2.04 bits per heavy atom. The number of nitrogens with one attached hydrogen (secondary N) is 1. The van der Waals surface area contributed by atoms with Crippen LogP contribution in [0.2, 0.25) is 0 Å². The fourth-order valence-corrected chi connectivity index (χ4v) is 3.77. The molecule has 0 saturated carbocycles. The third kappa shape index (κ3) is 3.89. The highest BCUT2D eigenvalue weighted by Gasteiger charge is 2.34. The molecule has 2 fully saturated rings. The molecule has 0 unspecified atom stereocenters. The Morgan fingerprint density at radius 1 is 1.28 bits per heavy atom.